The summed E-state index contributed by atoms with van der Waals surface area (Å²) in [4.78, 5) is 11.9. The van der Waals surface area contributed by atoms with E-state index in [1.54, 1.807) is 11.9 Å². The summed E-state index contributed by atoms with van der Waals surface area (Å²) < 4.78 is 46.0. The molecule has 0 aliphatic rings. The number of alkyl halides is 3. The Kier molecular flexibility index (Phi) is 6.12. The molecular weight excluding hydrogens is 305 g/mol. The highest BCUT2D eigenvalue weighted by molar-refractivity contribution is 5.49. The maximum Gasteiger partial charge on any atom is 0.573 e. The second kappa shape index (κ2) is 7.41. The van der Waals surface area contributed by atoms with Gasteiger partial charge in [0.2, 0.25) is 0 Å². The average molecular weight is 322 g/mol. The number of benzene rings is 1. The topological polar surface area (TPSA) is 64.8 Å². The van der Waals surface area contributed by atoms with E-state index in [1.807, 2.05) is 0 Å². The molecule has 1 aromatic carbocycles. The predicted molar refractivity (Wildman–Crippen MR) is 72.7 cm³/mol. The molecule has 0 spiro atoms. The number of halogens is 3. The van der Waals surface area contributed by atoms with Crippen molar-refractivity contribution in [3.05, 3.63) is 33.4 Å². The van der Waals surface area contributed by atoms with E-state index in [1.165, 1.54) is 20.1 Å². The smallest absolute Gasteiger partial charge is 0.405 e. The summed E-state index contributed by atoms with van der Waals surface area (Å²) in [5, 5.41) is 10.9. The first-order valence-corrected chi connectivity index (χ1v) is 6.35. The van der Waals surface area contributed by atoms with Crippen LogP contribution in [-0.4, -0.2) is 43.5 Å². The fourth-order valence-electron chi connectivity index (χ4n) is 1.85. The second-order valence-electron chi connectivity index (χ2n) is 4.76. The van der Waals surface area contributed by atoms with Gasteiger partial charge in [-0.25, -0.2) is 0 Å². The first-order valence-electron chi connectivity index (χ1n) is 6.35. The molecule has 6 nitrogen and oxygen atoms in total. The molecule has 124 valence electrons. The monoisotopic (exact) mass is 322 g/mol. The van der Waals surface area contributed by atoms with Gasteiger partial charge < -0.3 is 9.47 Å². The number of nitrogens with zero attached hydrogens (tertiary/aromatic N) is 2. The average Bonchev–Trinajstić information content (AvgIpc) is 2.39. The van der Waals surface area contributed by atoms with Crippen molar-refractivity contribution in [2.24, 2.45) is 0 Å². The molecule has 0 aliphatic heterocycles. The zero-order valence-electron chi connectivity index (χ0n) is 12.4. The molecule has 0 bridgehead atoms. The summed E-state index contributed by atoms with van der Waals surface area (Å²) in [6, 6.07) is 2.03. The van der Waals surface area contributed by atoms with Gasteiger partial charge >= 0.3 is 6.36 Å². The molecule has 0 saturated carbocycles. The molecule has 0 saturated heterocycles. The SMILES string of the molecule is COCCN(C)Cc1cc([N+](=O)[O-])cc(OC(F)(F)F)c1C. The van der Waals surface area contributed by atoms with Gasteiger partial charge in [-0.3, -0.25) is 15.0 Å². The summed E-state index contributed by atoms with van der Waals surface area (Å²) in [7, 11) is 3.27. The largest absolute Gasteiger partial charge is 0.573 e. The fourth-order valence-corrected chi connectivity index (χ4v) is 1.85. The van der Waals surface area contributed by atoms with Gasteiger partial charge in [0.1, 0.15) is 5.75 Å². The van der Waals surface area contributed by atoms with E-state index in [4.69, 9.17) is 4.74 Å². The minimum Gasteiger partial charge on any atom is -0.405 e. The molecule has 0 atom stereocenters. The third kappa shape index (κ3) is 5.49. The van der Waals surface area contributed by atoms with Crippen LogP contribution in [0.25, 0.3) is 0 Å². The fraction of sp³-hybridized carbons (Fsp3) is 0.538. The van der Waals surface area contributed by atoms with Crippen LogP contribution in [0.1, 0.15) is 11.1 Å². The Morgan fingerprint density at radius 2 is 2.00 bits per heavy atom. The Labute approximate surface area is 125 Å². The van der Waals surface area contributed by atoms with Crippen LogP contribution in [0.15, 0.2) is 12.1 Å². The van der Waals surface area contributed by atoms with Crippen LogP contribution in [0, 0.1) is 17.0 Å². The van der Waals surface area contributed by atoms with Crippen LogP contribution in [0.3, 0.4) is 0 Å². The highest BCUT2D eigenvalue weighted by atomic mass is 19.4. The van der Waals surface area contributed by atoms with Gasteiger partial charge in [-0.1, -0.05) is 0 Å². The van der Waals surface area contributed by atoms with Crippen LogP contribution in [0.4, 0.5) is 18.9 Å². The summed E-state index contributed by atoms with van der Waals surface area (Å²) in [6.45, 7) is 2.65. The molecule has 0 heterocycles. The predicted octanol–water partition coefficient (Wildman–Crippen LogP) is 2.88. The van der Waals surface area contributed by atoms with E-state index in [2.05, 4.69) is 4.74 Å². The second-order valence-corrected chi connectivity index (χ2v) is 4.76. The zero-order valence-corrected chi connectivity index (χ0v) is 12.4. The summed E-state index contributed by atoms with van der Waals surface area (Å²) in [5.41, 5.74) is 0.166. The number of methoxy groups -OCH3 is 1. The lowest BCUT2D eigenvalue weighted by atomic mass is 10.1. The molecule has 0 N–H and O–H groups in total. The number of likely N-dealkylation sites (N-methyl/N-ethyl adjacent to an activating group) is 1. The third-order valence-electron chi connectivity index (χ3n) is 3.01. The summed E-state index contributed by atoms with van der Waals surface area (Å²) in [5.74, 6) is -0.558. The number of nitro groups is 1. The lowest BCUT2D eigenvalue weighted by molar-refractivity contribution is -0.385. The molecule has 0 unspecified atom stereocenters. The third-order valence-corrected chi connectivity index (χ3v) is 3.01. The Morgan fingerprint density at radius 1 is 1.36 bits per heavy atom. The van der Waals surface area contributed by atoms with E-state index in [0.717, 1.165) is 6.07 Å². The van der Waals surface area contributed by atoms with Crippen molar-refractivity contribution in [1.29, 1.82) is 0 Å². The highest BCUT2D eigenvalue weighted by Gasteiger charge is 2.33. The van der Waals surface area contributed by atoms with Gasteiger partial charge in [0.25, 0.3) is 5.69 Å². The van der Waals surface area contributed by atoms with Gasteiger partial charge in [0.15, 0.2) is 0 Å². The van der Waals surface area contributed by atoms with Crippen molar-refractivity contribution in [1.82, 2.24) is 4.90 Å². The minimum absolute atomic E-state index is 0.215. The Balaban J connectivity index is 3.11. The normalized spacial score (nSPS) is 11.8. The number of rotatable bonds is 7. The van der Waals surface area contributed by atoms with E-state index in [9.17, 15) is 23.3 Å². The number of non-ortho nitro benzene ring substituents is 1. The molecule has 9 heteroatoms. The van der Waals surface area contributed by atoms with Gasteiger partial charge in [-0.15, -0.1) is 13.2 Å². The molecule has 0 aromatic heterocycles. The number of nitro benzene ring substituents is 1. The molecule has 0 radical (unpaired) electrons. The molecular formula is C13H17F3N2O4. The van der Waals surface area contributed by atoms with Crippen molar-refractivity contribution in [2.75, 3.05) is 27.3 Å². The zero-order chi connectivity index (χ0) is 16.9. The quantitative estimate of drug-likeness (QED) is 0.570. The van der Waals surface area contributed by atoms with Crippen molar-refractivity contribution in [3.63, 3.8) is 0 Å². The maximum atomic E-state index is 12.4. The molecule has 0 amide bonds. The van der Waals surface area contributed by atoms with E-state index in [0.29, 0.717) is 18.7 Å². The van der Waals surface area contributed by atoms with Crippen LogP contribution >= 0.6 is 0 Å². The van der Waals surface area contributed by atoms with Gasteiger partial charge in [0.05, 0.1) is 17.6 Å². The van der Waals surface area contributed by atoms with Crippen LogP contribution < -0.4 is 4.74 Å². The van der Waals surface area contributed by atoms with Crippen molar-refractivity contribution in [3.8, 4) is 5.75 Å². The van der Waals surface area contributed by atoms with Crippen molar-refractivity contribution >= 4 is 5.69 Å². The van der Waals surface area contributed by atoms with Gasteiger partial charge in [0, 0.05) is 26.3 Å². The number of hydrogen-bond donors (Lipinski definition) is 0. The van der Waals surface area contributed by atoms with Gasteiger partial charge in [-0.2, -0.15) is 0 Å². The lowest BCUT2D eigenvalue weighted by Crippen LogP contribution is -2.23. The van der Waals surface area contributed by atoms with Crippen LogP contribution in [0.2, 0.25) is 0 Å². The molecule has 0 aliphatic carbocycles. The first kappa shape index (κ1) is 18.2. The van der Waals surface area contributed by atoms with Crippen LogP contribution in [0.5, 0.6) is 5.75 Å². The summed E-state index contributed by atoms with van der Waals surface area (Å²) >= 11 is 0. The first-order chi connectivity index (χ1) is 10.1. The molecule has 0 fully saturated rings. The summed E-state index contributed by atoms with van der Waals surface area (Å²) in [6.07, 6.45) is -4.90. The Morgan fingerprint density at radius 3 is 2.50 bits per heavy atom. The standard InChI is InChI=1S/C13H17F3N2O4/c1-9-10(8-17(2)4-5-21-3)6-11(18(19)20)7-12(9)22-13(14,15)16/h6-7H,4-5,8H2,1-3H3. The van der Waals surface area contributed by atoms with E-state index >= 15 is 0 Å². The lowest BCUT2D eigenvalue weighted by Gasteiger charge is -2.19. The number of hydrogen-bond acceptors (Lipinski definition) is 5. The van der Waals surface area contributed by atoms with Crippen molar-refractivity contribution < 1.29 is 27.6 Å². The van der Waals surface area contributed by atoms with E-state index < -0.39 is 22.7 Å². The molecule has 1 aromatic rings. The Bertz CT molecular complexity index is 535. The Hall–Kier alpha value is -1.87. The van der Waals surface area contributed by atoms with E-state index in [-0.39, 0.29) is 12.1 Å². The van der Waals surface area contributed by atoms with Crippen molar-refractivity contribution in [2.45, 2.75) is 19.8 Å². The maximum absolute atomic E-state index is 12.4. The van der Waals surface area contributed by atoms with Crippen LogP contribution in [-0.2, 0) is 11.3 Å². The molecule has 22 heavy (non-hydrogen) atoms. The number of ether oxygens (including phenoxy) is 2. The van der Waals surface area contributed by atoms with Gasteiger partial charge in [-0.05, 0) is 25.1 Å². The minimum atomic E-state index is -4.90. The molecule has 1 rings (SSSR count). The highest BCUT2D eigenvalue weighted by Crippen LogP contribution is 2.32.